The van der Waals surface area contributed by atoms with Crippen molar-refractivity contribution in [3.8, 4) is 0 Å². The van der Waals surface area contributed by atoms with Crippen LogP contribution in [0.25, 0.3) is 5.57 Å². The van der Waals surface area contributed by atoms with Gasteiger partial charge in [-0.05, 0) is 38.5 Å². The summed E-state index contributed by atoms with van der Waals surface area (Å²) < 4.78 is 19.8. The van der Waals surface area contributed by atoms with Crippen LogP contribution in [-0.4, -0.2) is 57.9 Å². The van der Waals surface area contributed by atoms with Gasteiger partial charge in [0, 0.05) is 5.56 Å². The molecule has 0 aromatic heterocycles. The monoisotopic (exact) mass is 455 g/mol. The summed E-state index contributed by atoms with van der Waals surface area (Å²) in [7, 11) is 4.51. The lowest BCUT2D eigenvalue weighted by molar-refractivity contribution is -0.142. The standard InChI is InChI=1S/C24H25NO8/c1-12-8-9-15-14(10-12)13(2)11-24(3)18(22(28)32-6)16(20(26)30-4)17(21(27)31-5)19(25(15)24)23(29)33-7/h8-11H,1-7H3. The quantitative estimate of drug-likeness (QED) is 0.499. The molecule has 1 atom stereocenters. The van der Waals surface area contributed by atoms with Gasteiger partial charge in [-0.2, -0.15) is 0 Å². The third-order valence-corrected chi connectivity index (χ3v) is 5.79. The van der Waals surface area contributed by atoms with Gasteiger partial charge >= 0.3 is 23.9 Å². The summed E-state index contributed by atoms with van der Waals surface area (Å²) in [6, 6.07) is 5.53. The molecule has 1 unspecified atom stereocenters. The number of ether oxygens (including phenoxy) is 4. The van der Waals surface area contributed by atoms with Gasteiger partial charge in [-0.25, -0.2) is 19.2 Å². The third kappa shape index (κ3) is 3.49. The van der Waals surface area contributed by atoms with Crippen LogP contribution in [0, 0.1) is 6.92 Å². The van der Waals surface area contributed by atoms with E-state index >= 15 is 0 Å². The molecule has 9 nitrogen and oxygen atoms in total. The van der Waals surface area contributed by atoms with Crippen molar-refractivity contribution in [1.82, 2.24) is 0 Å². The normalized spacial score (nSPS) is 19.2. The molecule has 2 aliphatic heterocycles. The van der Waals surface area contributed by atoms with Crippen molar-refractivity contribution in [2.45, 2.75) is 26.3 Å². The minimum absolute atomic E-state index is 0.171. The summed E-state index contributed by atoms with van der Waals surface area (Å²) in [6.07, 6.45) is 1.74. The number of benzene rings is 1. The first-order valence-corrected chi connectivity index (χ1v) is 10.0. The minimum Gasteiger partial charge on any atom is -0.466 e. The molecule has 33 heavy (non-hydrogen) atoms. The highest BCUT2D eigenvalue weighted by molar-refractivity contribution is 6.19. The Morgan fingerprint density at radius 3 is 1.88 bits per heavy atom. The lowest BCUT2D eigenvalue weighted by Crippen LogP contribution is -2.56. The number of hydrogen-bond donors (Lipinski definition) is 0. The van der Waals surface area contributed by atoms with Crippen LogP contribution < -0.4 is 4.90 Å². The van der Waals surface area contributed by atoms with Crippen molar-refractivity contribution < 1.29 is 38.1 Å². The lowest BCUT2D eigenvalue weighted by atomic mass is 9.74. The fraction of sp³-hybridized carbons (Fsp3) is 0.333. The number of fused-ring (bicyclic) bond motifs is 3. The van der Waals surface area contributed by atoms with Gasteiger partial charge in [-0.3, -0.25) is 0 Å². The van der Waals surface area contributed by atoms with Crippen LogP contribution in [0.3, 0.4) is 0 Å². The molecule has 2 aliphatic rings. The Morgan fingerprint density at radius 2 is 1.33 bits per heavy atom. The van der Waals surface area contributed by atoms with E-state index in [2.05, 4.69) is 0 Å². The van der Waals surface area contributed by atoms with E-state index in [0.717, 1.165) is 45.1 Å². The maximum absolute atomic E-state index is 13.1. The summed E-state index contributed by atoms with van der Waals surface area (Å²) in [5, 5.41) is 0. The second-order valence-electron chi connectivity index (χ2n) is 7.77. The number of aryl methyl sites for hydroxylation is 1. The first-order valence-electron chi connectivity index (χ1n) is 10.0. The van der Waals surface area contributed by atoms with Crippen LogP contribution in [0.15, 0.2) is 46.7 Å². The molecular weight excluding hydrogens is 430 g/mol. The summed E-state index contributed by atoms with van der Waals surface area (Å²) >= 11 is 0. The van der Waals surface area contributed by atoms with Crippen molar-refractivity contribution in [2.24, 2.45) is 0 Å². The topological polar surface area (TPSA) is 108 Å². The second-order valence-corrected chi connectivity index (χ2v) is 7.77. The van der Waals surface area contributed by atoms with Crippen molar-refractivity contribution in [3.63, 3.8) is 0 Å². The highest BCUT2D eigenvalue weighted by atomic mass is 16.5. The molecule has 1 aromatic rings. The average molecular weight is 455 g/mol. The molecule has 0 saturated heterocycles. The Bertz CT molecular complexity index is 1170. The van der Waals surface area contributed by atoms with E-state index in [1.54, 1.807) is 19.1 Å². The molecule has 0 aliphatic carbocycles. The Morgan fingerprint density at radius 1 is 0.788 bits per heavy atom. The predicted octanol–water partition coefficient (Wildman–Crippen LogP) is 2.23. The molecule has 0 radical (unpaired) electrons. The fourth-order valence-corrected chi connectivity index (χ4v) is 4.43. The van der Waals surface area contributed by atoms with E-state index < -0.39 is 40.6 Å². The van der Waals surface area contributed by atoms with Gasteiger partial charge in [0.1, 0.15) is 11.3 Å². The van der Waals surface area contributed by atoms with Crippen molar-refractivity contribution in [1.29, 1.82) is 0 Å². The number of methoxy groups -OCH3 is 4. The molecule has 0 N–H and O–H groups in total. The Balaban J connectivity index is 2.61. The van der Waals surface area contributed by atoms with Crippen LogP contribution in [0.4, 0.5) is 5.69 Å². The summed E-state index contributed by atoms with van der Waals surface area (Å²) in [6.45, 7) is 5.42. The van der Waals surface area contributed by atoms with Crippen molar-refractivity contribution in [3.05, 3.63) is 57.8 Å². The average Bonchev–Trinajstić information content (AvgIpc) is 2.80. The summed E-state index contributed by atoms with van der Waals surface area (Å²) in [5.74, 6) is -3.78. The van der Waals surface area contributed by atoms with Crippen LogP contribution in [-0.2, 0) is 38.1 Å². The van der Waals surface area contributed by atoms with Gasteiger partial charge in [0.2, 0.25) is 0 Å². The van der Waals surface area contributed by atoms with E-state index in [-0.39, 0.29) is 11.3 Å². The van der Waals surface area contributed by atoms with Crippen LogP contribution in [0.2, 0.25) is 0 Å². The SMILES string of the molecule is COC(=O)C1=C(C(=O)OC)N2c3ccc(C)cc3C(C)=CC2(C)C(C(=O)OC)=C1C(=O)OC. The van der Waals surface area contributed by atoms with Crippen molar-refractivity contribution >= 4 is 35.1 Å². The molecule has 1 aromatic carbocycles. The second kappa shape index (κ2) is 8.57. The van der Waals surface area contributed by atoms with E-state index in [1.165, 1.54) is 4.90 Å². The van der Waals surface area contributed by atoms with Gasteiger partial charge in [-0.15, -0.1) is 0 Å². The van der Waals surface area contributed by atoms with Crippen molar-refractivity contribution in [2.75, 3.05) is 33.3 Å². The first-order chi connectivity index (χ1) is 15.6. The number of hydrogen-bond acceptors (Lipinski definition) is 9. The number of carbonyl (C=O) groups excluding carboxylic acids is 4. The number of nitrogens with zero attached hydrogens (tertiary/aromatic N) is 1. The smallest absolute Gasteiger partial charge is 0.355 e. The largest absolute Gasteiger partial charge is 0.466 e. The maximum Gasteiger partial charge on any atom is 0.355 e. The Kier molecular flexibility index (Phi) is 6.18. The molecule has 0 bridgehead atoms. The highest BCUT2D eigenvalue weighted by Crippen LogP contribution is 2.50. The van der Waals surface area contributed by atoms with Crippen LogP contribution in [0.5, 0.6) is 0 Å². The van der Waals surface area contributed by atoms with E-state index in [0.29, 0.717) is 5.69 Å². The molecule has 174 valence electrons. The number of allylic oxidation sites excluding steroid dienone is 1. The molecule has 2 heterocycles. The van der Waals surface area contributed by atoms with E-state index in [1.807, 2.05) is 26.0 Å². The van der Waals surface area contributed by atoms with Crippen LogP contribution in [0.1, 0.15) is 25.0 Å². The molecule has 0 saturated carbocycles. The summed E-state index contributed by atoms with van der Waals surface area (Å²) in [5.41, 5.74) is 0.387. The molecule has 3 rings (SSSR count). The zero-order valence-electron chi connectivity index (χ0n) is 19.5. The third-order valence-electron chi connectivity index (χ3n) is 5.79. The number of esters is 4. The number of anilines is 1. The molecule has 0 spiro atoms. The zero-order chi connectivity index (χ0) is 24.7. The minimum atomic E-state index is -1.40. The first kappa shape index (κ1) is 23.8. The van der Waals surface area contributed by atoms with E-state index in [9.17, 15) is 19.2 Å². The van der Waals surface area contributed by atoms with Gasteiger partial charge < -0.3 is 23.8 Å². The maximum atomic E-state index is 13.1. The Hall–Kier alpha value is -3.88. The molecule has 0 fully saturated rings. The molecular formula is C24H25NO8. The summed E-state index contributed by atoms with van der Waals surface area (Å²) in [4.78, 5) is 53.6. The molecule has 0 amide bonds. The number of rotatable bonds is 4. The fourth-order valence-electron chi connectivity index (χ4n) is 4.43. The highest BCUT2D eigenvalue weighted by Gasteiger charge is 2.54. The zero-order valence-corrected chi connectivity index (χ0v) is 19.5. The Labute approximate surface area is 191 Å². The van der Waals surface area contributed by atoms with Gasteiger partial charge in [0.25, 0.3) is 0 Å². The predicted molar refractivity (Wildman–Crippen MR) is 118 cm³/mol. The molecule has 9 heteroatoms. The number of carbonyl (C=O) groups is 4. The van der Waals surface area contributed by atoms with Gasteiger partial charge in [0.15, 0.2) is 0 Å². The van der Waals surface area contributed by atoms with Crippen LogP contribution >= 0.6 is 0 Å². The van der Waals surface area contributed by atoms with Gasteiger partial charge in [-0.1, -0.05) is 17.7 Å². The lowest BCUT2D eigenvalue weighted by Gasteiger charge is -2.49. The van der Waals surface area contributed by atoms with Gasteiger partial charge in [0.05, 0.1) is 50.8 Å². The van der Waals surface area contributed by atoms with E-state index in [4.69, 9.17) is 18.9 Å².